The van der Waals surface area contributed by atoms with E-state index in [2.05, 4.69) is 9.97 Å². The Hall–Kier alpha value is -1.70. The molecule has 0 radical (unpaired) electrons. The zero-order chi connectivity index (χ0) is 17.8. The van der Waals surface area contributed by atoms with Gasteiger partial charge in [0.2, 0.25) is 5.95 Å². The van der Waals surface area contributed by atoms with Crippen LogP contribution in [0.25, 0.3) is 11.1 Å². The number of benzene rings is 1. The number of hydrogen-bond acceptors (Lipinski definition) is 5. The van der Waals surface area contributed by atoms with Gasteiger partial charge in [-0.2, -0.15) is 4.39 Å². The fourth-order valence-electron chi connectivity index (χ4n) is 2.40. The summed E-state index contributed by atoms with van der Waals surface area (Å²) in [6.07, 6.45) is 3.07. The molecule has 3 aromatic rings. The van der Waals surface area contributed by atoms with Crippen molar-refractivity contribution in [2.75, 3.05) is 0 Å². The molecule has 0 aliphatic rings. The molecular weight excluding hydrogens is 396 g/mol. The summed E-state index contributed by atoms with van der Waals surface area (Å²) in [4.78, 5) is 8.64. The predicted molar refractivity (Wildman–Crippen MR) is 104 cm³/mol. The minimum atomic E-state index is -0.553. The number of halogens is 3. The Balaban J connectivity index is 0.00000243. The van der Waals surface area contributed by atoms with Crippen LogP contribution in [0.3, 0.4) is 0 Å². The molecule has 0 saturated heterocycles. The Bertz CT molecular complexity index is 911. The molecule has 0 aliphatic carbocycles. The van der Waals surface area contributed by atoms with Gasteiger partial charge >= 0.3 is 0 Å². The molecule has 0 bridgehead atoms. The van der Waals surface area contributed by atoms with Crippen molar-refractivity contribution < 1.29 is 9.50 Å². The minimum absolute atomic E-state index is 0. The number of nitrogens with two attached hydrogens (primary N) is 1. The monoisotopic (exact) mass is 411 g/mol. The van der Waals surface area contributed by atoms with Gasteiger partial charge < -0.3 is 10.8 Å². The van der Waals surface area contributed by atoms with Crippen LogP contribution in [0.15, 0.2) is 58.7 Å². The average Bonchev–Trinajstić information content (AvgIpc) is 2.63. The van der Waals surface area contributed by atoms with Gasteiger partial charge in [0.25, 0.3) is 0 Å². The van der Waals surface area contributed by atoms with Gasteiger partial charge in [0.05, 0.1) is 11.6 Å². The lowest BCUT2D eigenvalue weighted by Crippen LogP contribution is -2.01. The number of rotatable bonds is 5. The maximum atomic E-state index is 13.4. The van der Waals surface area contributed by atoms with Gasteiger partial charge in [0.1, 0.15) is 5.03 Å². The number of hydrogen-bond donors (Lipinski definition) is 2. The Morgan fingerprint density at radius 1 is 1.08 bits per heavy atom. The third-order valence-corrected chi connectivity index (χ3v) is 5.28. The van der Waals surface area contributed by atoms with E-state index >= 15 is 0 Å². The lowest BCUT2D eigenvalue weighted by atomic mass is 10.0. The third kappa shape index (κ3) is 4.52. The van der Waals surface area contributed by atoms with Crippen LogP contribution in [0.1, 0.15) is 11.1 Å². The van der Waals surface area contributed by atoms with Crippen molar-refractivity contribution in [3.8, 4) is 11.1 Å². The molecule has 0 spiro atoms. The Kier molecular flexibility index (Phi) is 7.37. The van der Waals surface area contributed by atoms with Gasteiger partial charge in [-0.3, -0.25) is 0 Å². The molecule has 136 valence electrons. The maximum Gasteiger partial charge on any atom is 0.213 e. The molecule has 8 heteroatoms. The Morgan fingerprint density at radius 3 is 2.58 bits per heavy atom. The molecular formula is C18H16Cl2FN3OS. The van der Waals surface area contributed by atoms with Crippen LogP contribution < -0.4 is 5.73 Å². The van der Waals surface area contributed by atoms with Crippen molar-refractivity contribution in [2.24, 2.45) is 5.73 Å². The van der Waals surface area contributed by atoms with Crippen molar-refractivity contribution in [3.63, 3.8) is 0 Å². The summed E-state index contributed by atoms with van der Waals surface area (Å²) < 4.78 is 13.4. The van der Waals surface area contributed by atoms with Crippen molar-refractivity contribution in [1.82, 2.24) is 9.97 Å². The highest BCUT2D eigenvalue weighted by Crippen LogP contribution is 2.39. The standard InChI is InChI=1S/C18H15ClFN3OS.ClH/c19-15-7-13(11-3-5-22-16(20)8-11)6-14(9-21)17(15)25-18-12(10-24)2-1-4-23-18;/h1-8,24H,9-10,21H2;1H. The molecule has 0 saturated carbocycles. The summed E-state index contributed by atoms with van der Waals surface area (Å²) in [7, 11) is 0. The zero-order valence-corrected chi connectivity index (χ0v) is 15.9. The Morgan fingerprint density at radius 2 is 1.88 bits per heavy atom. The van der Waals surface area contributed by atoms with Gasteiger partial charge in [-0.1, -0.05) is 29.4 Å². The first-order valence-corrected chi connectivity index (χ1v) is 8.69. The topological polar surface area (TPSA) is 72.0 Å². The maximum absolute atomic E-state index is 13.4. The van der Waals surface area contributed by atoms with E-state index in [1.807, 2.05) is 6.07 Å². The second kappa shape index (κ2) is 9.30. The van der Waals surface area contributed by atoms with E-state index in [0.717, 1.165) is 16.0 Å². The molecule has 26 heavy (non-hydrogen) atoms. The van der Waals surface area contributed by atoms with Crippen LogP contribution in [0.2, 0.25) is 5.02 Å². The van der Waals surface area contributed by atoms with Crippen molar-refractivity contribution >= 4 is 35.8 Å². The average molecular weight is 412 g/mol. The number of pyridine rings is 2. The summed E-state index contributed by atoms with van der Waals surface area (Å²) in [5, 5.41) is 10.6. The highest BCUT2D eigenvalue weighted by atomic mass is 35.5. The van der Waals surface area contributed by atoms with E-state index < -0.39 is 5.95 Å². The molecule has 0 aliphatic heterocycles. The predicted octanol–water partition coefficient (Wildman–Crippen LogP) is 4.46. The van der Waals surface area contributed by atoms with E-state index in [1.54, 1.807) is 30.5 Å². The second-order valence-electron chi connectivity index (χ2n) is 5.25. The first-order chi connectivity index (χ1) is 12.1. The highest BCUT2D eigenvalue weighted by molar-refractivity contribution is 7.99. The quantitative estimate of drug-likeness (QED) is 0.606. The van der Waals surface area contributed by atoms with E-state index in [0.29, 0.717) is 21.2 Å². The molecule has 0 amide bonds. The molecule has 3 rings (SSSR count). The van der Waals surface area contributed by atoms with Gasteiger partial charge in [-0.05, 0) is 41.0 Å². The first kappa shape index (κ1) is 20.6. The van der Waals surface area contributed by atoms with Crippen molar-refractivity contribution in [2.45, 2.75) is 23.1 Å². The third-order valence-electron chi connectivity index (χ3n) is 3.62. The van der Waals surface area contributed by atoms with Crippen LogP contribution in [-0.2, 0) is 13.2 Å². The summed E-state index contributed by atoms with van der Waals surface area (Å²) in [5.74, 6) is -0.553. The smallest absolute Gasteiger partial charge is 0.213 e. The van der Waals surface area contributed by atoms with E-state index in [1.165, 1.54) is 24.0 Å². The molecule has 0 fully saturated rings. The molecule has 2 heterocycles. The number of aromatic nitrogens is 2. The van der Waals surface area contributed by atoms with Gasteiger partial charge in [-0.25, -0.2) is 9.97 Å². The van der Waals surface area contributed by atoms with Gasteiger partial charge in [0.15, 0.2) is 0 Å². The summed E-state index contributed by atoms with van der Waals surface area (Å²) in [6.45, 7) is 0.158. The van der Waals surface area contributed by atoms with Crippen LogP contribution in [0.5, 0.6) is 0 Å². The summed E-state index contributed by atoms with van der Waals surface area (Å²) in [6, 6.07) is 10.3. The number of nitrogens with zero attached hydrogens (tertiary/aromatic N) is 2. The number of aliphatic hydroxyl groups is 1. The van der Waals surface area contributed by atoms with E-state index in [-0.39, 0.29) is 25.6 Å². The van der Waals surface area contributed by atoms with Gasteiger partial charge in [0, 0.05) is 35.5 Å². The van der Waals surface area contributed by atoms with Crippen LogP contribution >= 0.6 is 35.8 Å². The van der Waals surface area contributed by atoms with E-state index in [9.17, 15) is 9.50 Å². The fourth-order valence-corrected chi connectivity index (χ4v) is 3.75. The molecule has 1 aromatic carbocycles. The minimum Gasteiger partial charge on any atom is -0.392 e. The van der Waals surface area contributed by atoms with Crippen molar-refractivity contribution in [1.29, 1.82) is 0 Å². The largest absolute Gasteiger partial charge is 0.392 e. The van der Waals surface area contributed by atoms with Crippen LogP contribution in [0.4, 0.5) is 4.39 Å². The molecule has 0 unspecified atom stereocenters. The first-order valence-electron chi connectivity index (χ1n) is 7.49. The van der Waals surface area contributed by atoms with Crippen LogP contribution in [-0.4, -0.2) is 15.1 Å². The number of aliphatic hydroxyl groups excluding tert-OH is 1. The summed E-state index contributed by atoms with van der Waals surface area (Å²) >= 11 is 7.83. The molecule has 0 atom stereocenters. The summed E-state index contributed by atoms with van der Waals surface area (Å²) in [5.41, 5.74) is 8.86. The van der Waals surface area contributed by atoms with E-state index in [4.69, 9.17) is 17.3 Å². The fraction of sp³-hybridized carbons (Fsp3) is 0.111. The van der Waals surface area contributed by atoms with Crippen molar-refractivity contribution in [3.05, 3.63) is 70.9 Å². The molecule has 2 aromatic heterocycles. The van der Waals surface area contributed by atoms with Gasteiger partial charge in [-0.15, -0.1) is 12.4 Å². The lowest BCUT2D eigenvalue weighted by Gasteiger charge is -2.14. The highest BCUT2D eigenvalue weighted by Gasteiger charge is 2.14. The molecule has 4 nitrogen and oxygen atoms in total. The molecule has 3 N–H and O–H groups in total. The lowest BCUT2D eigenvalue weighted by molar-refractivity contribution is 0.278. The second-order valence-corrected chi connectivity index (χ2v) is 6.65. The SMILES string of the molecule is Cl.NCc1cc(-c2ccnc(F)c2)cc(Cl)c1Sc1ncccc1CO. The normalized spacial score (nSPS) is 10.5. The Labute approximate surface area is 166 Å². The zero-order valence-electron chi connectivity index (χ0n) is 13.5. The van der Waals surface area contributed by atoms with Crippen LogP contribution in [0, 0.1) is 5.95 Å².